The van der Waals surface area contributed by atoms with Gasteiger partial charge < -0.3 is 19.4 Å². The highest BCUT2D eigenvalue weighted by Gasteiger charge is 2.32. The zero-order valence-electron chi connectivity index (χ0n) is 12.0. The van der Waals surface area contributed by atoms with Gasteiger partial charge in [-0.25, -0.2) is 0 Å². The molecule has 2 aromatic heterocycles. The van der Waals surface area contributed by atoms with Gasteiger partial charge in [0.2, 0.25) is 0 Å². The molecule has 3 rings (SSSR count). The van der Waals surface area contributed by atoms with Crippen LogP contribution in [0.15, 0.2) is 35.4 Å². The van der Waals surface area contributed by atoms with Gasteiger partial charge in [-0.1, -0.05) is 6.07 Å². The lowest BCUT2D eigenvalue weighted by Crippen LogP contribution is -2.46. The second-order valence-corrected chi connectivity index (χ2v) is 5.02. The maximum absolute atomic E-state index is 12.3. The van der Waals surface area contributed by atoms with Crippen LogP contribution < -0.4 is 15.6 Å². The smallest absolute Gasteiger partial charge is 0.268 e. The second-order valence-electron chi connectivity index (χ2n) is 5.02. The molecule has 0 saturated carbocycles. The van der Waals surface area contributed by atoms with Crippen LogP contribution in [0.2, 0.25) is 0 Å². The molecule has 0 radical (unpaired) electrons. The summed E-state index contributed by atoms with van der Waals surface area (Å²) in [7, 11) is 1.56. The number of amides is 1. The summed E-state index contributed by atoms with van der Waals surface area (Å²) in [5, 5.41) is 9.31. The van der Waals surface area contributed by atoms with Crippen molar-refractivity contribution in [3.63, 3.8) is 0 Å². The van der Waals surface area contributed by atoms with E-state index in [-0.39, 0.29) is 23.6 Å². The Morgan fingerprint density at radius 1 is 1.50 bits per heavy atom. The first-order chi connectivity index (χ1) is 10.6. The molecule has 0 aromatic carbocycles. The lowest BCUT2D eigenvalue weighted by Gasteiger charge is -2.20. The molecule has 0 bridgehead atoms. The van der Waals surface area contributed by atoms with E-state index in [1.165, 1.54) is 10.6 Å². The normalized spacial score (nSPS) is 20.8. The number of carbonyl (C=O) groups excluding carboxylic acids is 1. The van der Waals surface area contributed by atoms with Crippen LogP contribution in [0.1, 0.15) is 10.5 Å². The van der Waals surface area contributed by atoms with E-state index in [4.69, 9.17) is 9.47 Å². The average molecular weight is 304 g/mol. The minimum atomic E-state index is -0.337. The number of rotatable bonds is 4. The average Bonchev–Trinajstić information content (AvgIpc) is 3.15. The first-order valence-electron chi connectivity index (χ1n) is 6.85. The summed E-state index contributed by atoms with van der Waals surface area (Å²) in [6.45, 7) is 0.735. The largest absolute Gasteiger partial charge is 0.482 e. The molecule has 8 heteroatoms. The molecule has 22 heavy (non-hydrogen) atoms. The number of nitrogens with one attached hydrogen (secondary N) is 2. The lowest BCUT2D eigenvalue weighted by molar-refractivity contribution is 0.0894. The van der Waals surface area contributed by atoms with Crippen LogP contribution in [-0.4, -0.2) is 46.0 Å². The fourth-order valence-electron chi connectivity index (χ4n) is 2.30. The van der Waals surface area contributed by atoms with Crippen molar-refractivity contribution in [3.05, 3.63) is 46.6 Å². The molecule has 2 atom stereocenters. The van der Waals surface area contributed by atoms with E-state index in [1.807, 2.05) is 0 Å². The number of carbonyl (C=O) groups is 1. The molecule has 2 aromatic rings. The molecule has 1 aliphatic rings. The molecule has 0 spiro atoms. The van der Waals surface area contributed by atoms with E-state index in [9.17, 15) is 9.59 Å². The minimum Gasteiger partial charge on any atom is -0.482 e. The summed E-state index contributed by atoms with van der Waals surface area (Å²) in [6.07, 6.45) is 2.87. The second kappa shape index (κ2) is 6.02. The number of hydrogen-bond donors (Lipinski definition) is 2. The van der Waals surface area contributed by atoms with Crippen LogP contribution >= 0.6 is 0 Å². The van der Waals surface area contributed by atoms with E-state index < -0.39 is 0 Å². The van der Waals surface area contributed by atoms with Gasteiger partial charge in [0, 0.05) is 13.1 Å². The molecule has 0 aliphatic carbocycles. The zero-order valence-corrected chi connectivity index (χ0v) is 12.0. The van der Waals surface area contributed by atoms with Crippen LogP contribution in [0.25, 0.3) is 0 Å². The van der Waals surface area contributed by atoms with Crippen molar-refractivity contribution >= 4 is 5.91 Å². The molecular weight excluding hydrogens is 288 g/mol. The number of H-pyrrole nitrogens is 1. The third kappa shape index (κ3) is 2.86. The van der Waals surface area contributed by atoms with E-state index in [2.05, 4.69) is 15.5 Å². The number of pyridine rings is 1. The van der Waals surface area contributed by atoms with E-state index >= 15 is 0 Å². The van der Waals surface area contributed by atoms with Crippen LogP contribution in [0.3, 0.4) is 0 Å². The summed E-state index contributed by atoms with van der Waals surface area (Å²) >= 11 is 0. The van der Waals surface area contributed by atoms with Gasteiger partial charge in [-0.2, -0.15) is 5.10 Å². The van der Waals surface area contributed by atoms with Crippen molar-refractivity contribution < 1.29 is 14.3 Å². The number of aromatic amines is 1. The SMILES string of the molecule is Cn1c(C(=O)N[C@H]2COC[C@H]2Oc2cn[nH]c2)cccc1=O. The van der Waals surface area contributed by atoms with Gasteiger partial charge in [0.25, 0.3) is 11.5 Å². The fraction of sp³-hybridized carbons (Fsp3) is 0.357. The first kappa shape index (κ1) is 14.3. The fourth-order valence-corrected chi connectivity index (χ4v) is 2.30. The van der Waals surface area contributed by atoms with Gasteiger partial charge >= 0.3 is 0 Å². The molecule has 8 nitrogen and oxygen atoms in total. The number of nitrogens with zero attached hydrogens (tertiary/aromatic N) is 2. The molecule has 116 valence electrons. The molecule has 1 aliphatic heterocycles. The Kier molecular flexibility index (Phi) is 3.92. The summed E-state index contributed by atoms with van der Waals surface area (Å²) in [5.74, 6) is 0.248. The Balaban J connectivity index is 1.70. The van der Waals surface area contributed by atoms with E-state index in [0.29, 0.717) is 24.7 Å². The van der Waals surface area contributed by atoms with Crippen LogP contribution in [0.4, 0.5) is 0 Å². The number of aromatic nitrogens is 3. The predicted molar refractivity (Wildman–Crippen MR) is 76.8 cm³/mol. The summed E-state index contributed by atoms with van der Waals surface area (Å²) < 4.78 is 12.4. The maximum Gasteiger partial charge on any atom is 0.268 e. The van der Waals surface area contributed by atoms with Crippen molar-refractivity contribution in [2.75, 3.05) is 13.2 Å². The van der Waals surface area contributed by atoms with Gasteiger partial charge in [-0.15, -0.1) is 0 Å². The maximum atomic E-state index is 12.3. The van der Waals surface area contributed by atoms with Crippen LogP contribution in [-0.2, 0) is 11.8 Å². The zero-order chi connectivity index (χ0) is 15.5. The lowest BCUT2D eigenvalue weighted by atomic mass is 10.2. The molecule has 2 N–H and O–H groups in total. The third-order valence-electron chi connectivity index (χ3n) is 3.52. The highest BCUT2D eigenvalue weighted by Crippen LogP contribution is 2.15. The van der Waals surface area contributed by atoms with Gasteiger partial charge in [0.1, 0.15) is 11.8 Å². The molecular formula is C14H16N4O4. The molecule has 3 heterocycles. The highest BCUT2D eigenvalue weighted by atomic mass is 16.5. The molecule has 1 fully saturated rings. The summed E-state index contributed by atoms with van der Waals surface area (Å²) in [4.78, 5) is 23.9. The van der Waals surface area contributed by atoms with Crippen LogP contribution in [0.5, 0.6) is 5.75 Å². The summed E-state index contributed by atoms with van der Waals surface area (Å²) in [5.41, 5.74) is 0.0583. The Labute approximate surface area is 126 Å². The first-order valence-corrected chi connectivity index (χ1v) is 6.85. The Morgan fingerprint density at radius 3 is 3.14 bits per heavy atom. The Bertz CT molecular complexity index is 710. The van der Waals surface area contributed by atoms with Crippen molar-refractivity contribution in [1.29, 1.82) is 0 Å². The standard InChI is InChI=1S/C14H16N4O4/c1-18-11(3-2-4-13(18)19)14(20)17-10-7-21-8-12(10)22-9-5-15-16-6-9/h2-6,10,12H,7-8H2,1H3,(H,15,16)(H,17,20)/t10-,12+/m0/s1. The molecule has 1 saturated heterocycles. The highest BCUT2D eigenvalue weighted by molar-refractivity contribution is 5.92. The van der Waals surface area contributed by atoms with Crippen molar-refractivity contribution in [2.45, 2.75) is 12.1 Å². The molecule has 0 unspecified atom stereocenters. The Morgan fingerprint density at radius 2 is 2.36 bits per heavy atom. The quantitative estimate of drug-likeness (QED) is 0.807. The van der Waals surface area contributed by atoms with Gasteiger partial charge in [-0.3, -0.25) is 14.7 Å². The summed E-state index contributed by atoms with van der Waals surface area (Å²) in [6, 6.07) is 4.26. The van der Waals surface area contributed by atoms with E-state index in [0.717, 1.165) is 0 Å². The minimum absolute atomic E-state index is 0.235. The van der Waals surface area contributed by atoms with Crippen molar-refractivity contribution in [2.24, 2.45) is 7.05 Å². The van der Waals surface area contributed by atoms with E-state index in [1.54, 1.807) is 31.6 Å². The Hall–Kier alpha value is -2.61. The van der Waals surface area contributed by atoms with Crippen molar-refractivity contribution in [1.82, 2.24) is 20.1 Å². The third-order valence-corrected chi connectivity index (χ3v) is 3.52. The predicted octanol–water partition coefficient (Wildman–Crippen LogP) is -0.315. The number of ether oxygens (including phenoxy) is 2. The van der Waals surface area contributed by atoms with Crippen molar-refractivity contribution in [3.8, 4) is 5.75 Å². The molecule has 1 amide bonds. The van der Waals surface area contributed by atoms with Crippen LogP contribution in [0, 0.1) is 0 Å². The monoisotopic (exact) mass is 304 g/mol. The number of hydrogen-bond acceptors (Lipinski definition) is 5. The van der Waals surface area contributed by atoms with Gasteiger partial charge in [0.15, 0.2) is 5.75 Å². The van der Waals surface area contributed by atoms with Gasteiger partial charge in [-0.05, 0) is 6.07 Å². The van der Waals surface area contributed by atoms with Gasteiger partial charge in [0.05, 0.1) is 31.6 Å². The topological polar surface area (TPSA) is 98.2 Å².